The van der Waals surface area contributed by atoms with Crippen molar-refractivity contribution < 1.29 is 28.5 Å². The Morgan fingerprint density at radius 1 is 0.491 bits per heavy atom. The fourth-order valence-electron chi connectivity index (χ4n) is 5.48. The van der Waals surface area contributed by atoms with Crippen LogP contribution in [-0.4, -0.2) is 45.1 Å². The normalized spacial score (nSPS) is 11.4. The maximum Gasteiger partial charge on any atom is 0.314 e. The quantitative estimate of drug-likeness (QED) is 0.0508. The Hall–Kier alpha value is -6.42. The molecule has 0 aliphatic carbocycles. The number of carbonyl (C=O) groups is 2. The predicted octanol–water partition coefficient (Wildman–Crippen LogP) is 9.83. The third-order valence-corrected chi connectivity index (χ3v) is 8.76. The van der Waals surface area contributed by atoms with E-state index in [1.165, 1.54) is 0 Å². The lowest BCUT2D eigenvalue weighted by atomic mass is 10.1. The standard InChI is InChI=1S/C45H44N4O6/c1-4-6-24-52-38-16-12-34(13-17-38)43-46-27-36(28-47-43)32-8-20-40(21-9-32)54-42(50)26-31(3)45(51)55-41-22-10-33(11-23-41)37-29-48-44(49-30-37)35-14-18-39(19-15-35)53-25-7-5-2/h8-23,27-31H,4-7,24-26H2,1-3H3. The molecular weight excluding hydrogens is 693 g/mol. The zero-order chi connectivity index (χ0) is 38.4. The fraction of sp³-hybridized carbons (Fsp3) is 0.244. The molecule has 0 spiro atoms. The van der Waals surface area contributed by atoms with Gasteiger partial charge >= 0.3 is 11.9 Å². The summed E-state index contributed by atoms with van der Waals surface area (Å²) < 4.78 is 22.5. The van der Waals surface area contributed by atoms with Gasteiger partial charge in [0.15, 0.2) is 11.6 Å². The minimum Gasteiger partial charge on any atom is -0.494 e. The second kappa shape index (κ2) is 19.1. The van der Waals surface area contributed by atoms with Crippen molar-refractivity contribution in [3.63, 3.8) is 0 Å². The number of unbranched alkanes of at least 4 members (excludes halogenated alkanes) is 2. The average Bonchev–Trinajstić information content (AvgIpc) is 3.22. The first kappa shape index (κ1) is 38.3. The lowest BCUT2D eigenvalue weighted by Crippen LogP contribution is -2.22. The Balaban J connectivity index is 0.953. The second-order valence-electron chi connectivity index (χ2n) is 13.1. The molecule has 6 rings (SSSR count). The Kier molecular flexibility index (Phi) is 13.3. The van der Waals surface area contributed by atoms with Gasteiger partial charge in [0, 0.05) is 47.0 Å². The molecule has 1 atom stereocenters. The summed E-state index contributed by atoms with van der Waals surface area (Å²) in [6, 6.07) is 29.6. The number of esters is 2. The molecule has 4 aromatic carbocycles. The van der Waals surface area contributed by atoms with Gasteiger partial charge in [-0.15, -0.1) is 0 Å². The first-order valence-electron chi connectivity index (χ1n) is 18.6. The molecule has 0 amide bonds. The summed E-state index contributed by atoms with van der Waals surface area (Å²) in [6.07, 6.45) is 11.1. The number of aromatic nitrogens is 4. The number of rotatable bonds is 17. The molecule has 0 radical (unpaired) electrons. The van der Waals surface area contributed by atoms with Crippen LogP contribution in [0.2, 0.25) is 0 Å². The molecule has 280 valence electrons. The maximum atomic E-state index is 12.8. The smallest absolute Gasteiger partial charge is 0.314 e. The van der Waals surface area contributed by atoms with Gasteiger partial charge in [-0.25, -0.2) is 19.9 Å². The lowest BCUT2D eigenvalue weighted by Gasteiger charge is -2.12. The second-order valence-corrected chi connectivity index (χ2v) is 13.1. The van der Waals surface area contributed by atoms with Gasteiger partial charge in [0.1, 0.15) is 23.0 Å². The Morgan fingerprint density at radius 3 is 1.25 bits per heavy atom. The average molecular weight is 737 g/mol. The highest BCUT2D eigenvalue weighted by atomic mass is 16.5. The molecule has 0 aliphatic heterocycles. The van der Waals surface area contributed by atoms with Gasteiger partial charge < -0.3 is 18.9 Å². The van der Waals surface area contributed by atoms with Crippen molar-refractivity contribution in [1.82, 2.24) is 19.9 Å². The van der Waals surface area contributed by atoms with Gasteiger partial charge in [-0.1, -0.05) is 57.9 Å². The predicted molar refractivity (Wildman–Crippen MR) is 212 cm³/mol. The van der Waals surface area contributed by atoms with Crippen LogP contribution in [0.4, 0.5) is 0 Å². The van der Waals surface area contributed by atoms with Crippen molar-refractivity contribution in [3.8, 4) is 68.0 Å². The van der Waals surface area contributed by atoms with E-state index in [2.05, 4.69) is 33.8 Å². The monoisotopic (exact) mass is 736 g/mol. The largest absolute Gasteiger partial charge is 0.494 e. The van der Waals surface area contributed by atoms with Crippen molar-refractivity contribution in [2.45, 2.75) is 52.9 Å². The van der Waals surface area contributed by atoms with E-state index in [0.29, 0.717) is 36.4 Å². The molecule has 0 bridgehead atoms. The van der Waals surface area contributed by atoms with Crippen LogP contribution in [0.15, 0.2) is 122 Å². The molecule has 6 aromatic rings. The topological polar surface area (TPSA) is 123 Å². The number of hydrogen-bond donors (Lipinski definition) is 0. The van der Waals surface area contributed by atoms with E-state index in [-0.39, 0.29) is 6.42 Å². The van der Waals surface area contributed by atoms with Crippen LogP contribution >= 0.6 is 0 Å². The van der Waals surface area contributed by atoms with Gasteiger partial charge in [-0.2, -0.15) is 0 Å². The number of nitrogens with zero attached hydrogens (tertiary/aromatic N) is 4. The van der Waals surface area contributed by atoms with E-state index >= 15 is 0 Å². The van der Waals surface area contributed by atoms with Crippen LogP contribution in [0.1, 0.15) is 52.9 Å². The van der Waals surface area contributed by atoms with Gasteiger partial charge in [0.2, 0.25) is 0 Å². The van der Waals surface area contributed by atoms with E-state index in [4.69, 9.17) is 18.9 Å². The van der Waals surface area contributed by atoms with Gasteiger partial charge in [0.25, 0.3) is 0 Å². The molecule has 10 nitrogen and oxygen atoms in total. The summed E-state index contributed by atoms with van der Waals surface area (Å²) in [5.41, 5.74) is 5.17. The molecule has 0 saturated carbocycles. The van der Waals surface area contributed by atoms with Gasteiger partial charge in [-0.05, 0) is 96.8 Å². The number of benzene rings is 4. The van der Waals surface area contributed by atoms with Crippen LogP contribution in [0.5, 0.6) is 23.0 Å². The highest BCUT2D eigenvalue weighted by Gasteiger charge is 2.21. The third-order valence-electron chi connectivity index (χ3n) is 8.76. The highest BCUT2D eigenvalue weighted by Crippen LogP contribution is 2.27. The molecule has 2 heterocycles. The summed E-state index contributed by atoms with van der Waals surface area (Å²) in [5.74, 6) is 1.82. The molecule has 10 heteroatoms. The van der Waals surface area contributed by atoms with E-state index in [1.807, 2.05) is 72.8 Å². The van der Waals surface area contributed by atoms with Gasteiger partial charge in [-0.3, -0.25) is 9.59 Å². The number of hydrogen-bond acceptors (Lipinski definition) is 10. The SMILES string of the molecule is CCCCOc1ccc(-c2ncc(-c3ccc(OC(=O)CC(C)C(=O)Oc4ccc(-c5cnc(-c6ccc(OCCCC)cc6)nc5)cc4)cc3)cn2)cc1. The van der Waals surface area contributed by atoms with E-state index in [1.54, 1.807) is 56.0 Å². The number of carbonyl (C=O) groups excluding carboxylic acids is 2. The summed E-state index contributed by atoms with van der Waals surface area (Å²) in [4.78, 5) is 43.6. The fourth-order valence-corrected chi connectivity index (χ4v) is 5.48. The lowest BCUT2D eigenvalue weighted by molar-refractivity contribution is -0.144. The van der Waals surface area contributed by atoms with E-state index < -0.39 is 17.9 Å². The van der Waals surface area contributed by atoms with Crippen LogP contribution in [0.25, 0.3) is 45.0 Å². The van der Waals surface area contributed by atoms with Gasteiger partial charge in [0.05, 0.1) is 25.6 Å². The molecule has 0 saturated heterocycles. The van der Waals surface area contributed by atoms with Crippen LogP contribution in [-0.2, 0) is 9.59 Å². The van der Waals surface area contributed by atoms with Crippen molar-refractivity contribution in [2.75, 3.05) is 13.2 Å². The first-order chi connectivity index (χ1) is 26.9. The first-order valence-corrected chi connectivity index (χ1v) is 18.6. The maximum absolute atomic E-state index is 12.8. The Bertz CT molecular complexity index is 2120. The molecule has 1 unspecified atom stereocenters. The third kappa shape index (κ3) is 10.8. The molecule has 55 heavy (non-hydrogen) atoms. The van der Waals surface area contributed by atoms with E-state index in [9.17, 15) is 9.59 Å². The molecule has 2 aromatic heterocycles. The van der Waals surface area contributed by atoms with Crippen molar-refractivity contribution in [2.24, 2.45) is 5.92 Å². The van der Waals surface area contributed by atoms with Crippen LogP contribution in [0.3, 0.4) is 0 Å². The molecule has 0 aliphatic rings. The Labute approximate surface area is 321 Å². The molecule has 0 fully saturated rings. The zero-order valence-electron chi connectivity index (χ0n) is 31.3. The van der Waals surface area contributed by atoms with Crippen molar-refractivity contribution >= 4 is 11.9 Å². The minimum absolute atomic E-state index is 0.141. The minimum atomic E-state index is -0.718. The summed E-state index contributed by atoms with van der Waals surface area (Å²) in [7, 11) is 0. The van der Waals surface area contributed by atoms with Crippen LogP contribution < -0.4 is 18.9 Å². The number of ether oxygens (including phenoxy) is 4. The van der Waals surface area contributed by atoms with Crippen LogP contribution in [0, 0.1) is 5.92 Å². The molecule has 0 N–H and O–H groups in total. The highest BCUT2D eigenvalue weighted by molar-refractivity contribution is 5.82. The summed E-state index contributed by atoms with van der Waals surface area (Å²) in [6.45, 7) is 7.29. The summed E-state index contributed by atoms with van der Waals surface area (Å²) in [5, 5.41) is 0. The van der Waals surface area contributed by atoms with Crippen molar-refractivity contribution in [3.05, 3.63) is 122 Å². The zero-order valence-corrected chi connectivity index (χ0v) is 31.3. The molecular formula is C45H44N4O6. The Morgan fingerprint density at radius 2 is 0.855 bits per heavy atom. The van der Waals surface area contributed by atoms with Crippen molar-refractivity contribution in [1.29, 1.82) is 0 Å². The summed E-state index contributed by atoms with van der Waals surface area (Å²) >= 11 is 0. The van der Waals surface area contributed by atoms with E-state index in [0.717, 1.165) is 70.6 Å².